The van der Waals surface area contributed by atoms with Crippen molar-refractivity contribution < 1.29 is 0 Å². The van der Waals surface area contributed by atoms with Crippen LogP contribution in [0.15, 0.2) is 206 Å². The maximum absolute atomic E-state index is 5.19. The summed E-state index contributed by atoms with van der Waals surface area (Å²) < 4.78 is 0. The first kappa shape index (κ1) is 33.3. The molecule has 0 N–H and O–H groups in total. The molecule has 0 bridgehead atoms. The minimum Gasteiger partial charge on any atom is -0.228 e. The lowest BCUT2D eigenvalue weighted by atomic mass is 9.83. The number of allylic oxidation sites excluding steroid dienone is 8. The Labute approximate surface area is 326 Å². The van der Waals surface area contributed by atoms with Gasteiger partial charge in [-0.25, -0.2) is 19.9 Å². The summed E-state index contributed by atoms with van der Waals surface area (Å²) >= 11 is 0. The molecule has 2 aromatic heterocycles. The fourth-order valence-electron chi connectivity index (χ4n) is 7.61. The van der Waals surface area contributed by atoms with Crippen LogP contribution in [0.1, 0.15) is 12.1 Å². The number of benzene rings is 6. The third kappa shape index (κ3) is 6.69. The predicted molar refractivity (Wildman–Crippen MR) is 230 cm³/mol. The molecule has 0 spiro atoms. The van der Waals surface area contributed by atoms with E-state index in [4.69, 9.17) is 19.9 Å². The summed E-state index contributed by atoms with van der Waals surface area (Å²) in [5.74, 6) is 1.77. The van der Waals surface area contributed by atoms with Crippen molar-refractivity contribution in [1.82, 2.24) is 19.9 Å². The third-order valence-corrected chi connectivity index (χ3v) is 10.7. The molecular formula is C52H36N4. The van der Waals surface area contributed by atoms with Crippen LogP contribution in [0.3, 0.4) is 0 Å². The summed E-state index contributed by atoms with van der Waals surface area (Å²) in [4.78, 5) is 20.4. The van der Waals surface area contributed by atoms with E-state index in [-0.39, 0.29) is 0 Å². The molecule has 2 aliphatic carbocycles. The molecule has 8 aromatic rings. The van der Waals surface area contributed by atoms with E-state index in [1.165, 1.54) is 21.9 Å². The number of fused-ring (bicyclic) bond motifs is 2. The summed E-state index contributed by atoms with van der Waals surface area (Å²) in [6, 6.07) is 56.9. The molecule has 0 fully saturated rings. The molecule has 0 saturated heterocycles. The maximum atomic E-state index is 5.19. The first-order valence-corrected chi connectivity index (χ1v) is 19.1. The molecule has 4 nitrogen and oxygen atoms in total. The van der Waals surface area contributed by atoms with Gasteiger partial charge in [-0.3, -0.25) is 0 Å². The van der Waals surface area contributed by atoms with Crippen molar-refractivity contribution in [2.75, 3.05) is 0 Å². The second-order valence-corrected chi connectivity index (χ2v) is 14.3. The molecule has 2 heterocycles. The molecule has 264 valence electrons. The molecule has 56 heavy (non-hydrogen) atoms. The van der Waals surface area contributed by atoms with Gasteiger partial charge in [-0.05, 0) is 57.7 Å². The average Bonchev–Trinajstić information content (AvgIpc) is 3.29. The van der Waals surface area contributed by atoms with E-state index in [2.05, 4.69) is 164 Å². The monoisotopic (exact) mass is 716 g/mol. The molecule has 0 amide bonds. The van der Waals surface area contributed by atoms with Crippen molar-refractivity contribution in [3.05, 3.63) is 212 Å². The Bertz CT molecular complexity index is 2790. The van der Waals surface area contributed by atoms with E-state index in [1.807, 2.05) is 36.4 Å². The van der Waals surface area contributed by atoms with Gasteiger partial charge in [0.15, 0.2) is 11.6 Å². The van der Waals surface area contributed by atoms with Gasteiger partial charge in [0.05, 0.1) is 22.8 Å². The number of nitrogens with zero attached hydrogens (tertiary/aromatic N) is 4. The SMILES string of the molecule is C1=CC2=CC=C(c3cc(-c4ccc5ccccc5c4)nc(-c4ccc(-c5ccc(-c6nc(-c7ccccc7)cc(-c7ccccc7)n6)cc5)cc4)n3)CC2C=C1. The molecule has 4 heteroatoms. The van der Waals surface area contributed by atoms with Gasteiger partial charge in [0.25, 0.3) is 0 Å². The smallest absolute Gasteiger partial charge is 0.160 e. The summed E-state index contributed by atoms with van der Waals surface area (Å²) in [6.07, 6.45) is 14.1. The van der Waals surface area contributed by atoms with Crippen molar-refractivity contribution in [2.45, 2.75) is 6.42 Å². The molecule has 10 rings (SSSR count). The Hall–Kier alpha value is -7.30. The predicted octanol–water partition coefficient (Wildman–Crippen LogP) is 12.9. The zero-order valence-electron chi connectivity index (χ0n) is 30.6. The van der Waals surface area contributed by atoms with Gasteiger partial charge in [0.2, 0.25) is 0 Å². The molecule has 2 aliphatic rings. The van der Waals surface area contributed by atoms with Crippen molar-refractivity contribution in [3.63, 3.8) is 0 Å². The normalized spacial score (nSPS) is 14.6. The van der Waals surface area contributed by atoms with Gasteiger partial charge in [-0.1, -0.05) is 182 Å². The highest BCUT2D eigenvalue weighted by Gasteiger charge is 2.20. The lowest BCUT2D eigenvalue weighted by Crippen LogP contribution is -2.08. The largest absolute Gasteiger partial charge is 0.228 e. The summed E-state index contributed by atoms with van der Waals surface area (Å²) in [5.41, 5.74) is 13.6. The molecule has 0 saturated carbocycles. The van der Waals surface area contributed by atoms with Gasteiger partial charge in [0, 0.05) is 33.7 Å². The van der Waals surface area contributed by atoms with E-state index in [0.29, 0.717) is 17.6 Å². The van der Waals surface area contributed by atoms with Crippen LogP contribution in [0.5, 0.6) is 0 Å². The highest BCUT2D eigenvalue weighted by Crippen LogP contribution is 2.37. The lowest BCUT2D eigenvalue weighted by Gasteiger charge is -2.22. The fraction of sp³-hybridized carbons (Fsp3) is 0.0385. The Morgan fingerprint density at radius 3 is 1.50 bits per heavy atom. The minimum absolute atomic E-state index is 0.360. The topological polar surface area (TPSA) is 51.6 Å². The van der Waals surface area contributed by atoms with Crippen LogP contribution in [0, 0.1) is 5.92 Å². The number of rotatable bonds is 7. The van der Waals surface area contributed by atoms with Crippen molar-refractivity contribution in [1.29, 1.82) is 0 Å². The number of hydrogen-bond donors (Lipinski definition) is 0. The highest BCUT2D eigenvalue weighted by atomic mass is 14.9. The molecule has 0 aliphatic heterocycles. The summed E-state index contributed by atoms with van der Waals surface area (Å²) in [6.45, 7) is 0. The van der Waals surface area contributed by atoms with Crippen LogP contribution < -0.4 is 0 Å². The summed E-state index contributed by atoms with van der Waals surface area (Å²) in [5, 5.41) is 2.40. The van der Waals surface area contributed by atoms with Crippen molar-refractivity contribution in [3.8, 4) is 67.7 Å². The van der Waals surface area contributed by atoms with Crippen LogP contribution in [0.4, 0.5) is 0 Å². The number of aromatic nitrogens is 4. The molecule has 6 aromatic carbocycles. The maximum Gasteiger partial charge on any atom is 0.160 e. The Morgan fingerprint density at radius 1 is 0.375 bits per heavy atom. The zero-order chi connectivity index (χ0) is 37.3. The second-order valence-electron chi connectivity index (χ2n) is 14.3. The fourth-order valence-corrected chi connectivity index (χ4v) is 7.61. The highest BCUT2D eigenvalue weighted by molar-refractivity contribution is 5.87. The average molecular weight is 717 g/mol. The van der Waals surface area contributed by atoms with Crippen LogP contribution >= 0.6 is 0 Å². The van der Waals surface area contributed by atoms with E-state index in [1.54, 1.807) is 0 Å². The standard InChI is InChI=1S/C52H36N4/c1-3-13-39(14-4-1)47-33-48(40-15-5-2-6-16-40)54-51(53-47)41-25-19-37(20-26-41)38-21-27-42(28-22-38)52-55-49(45-29-23-35-11-7-9-17-43(35)31-45)34-50(56-52)46-30-24-36-12-8-10-18-44(36)32-46/h1-31,33-34,44H,32H2. The molecule has 1 unspecified atom stereocenters. The Balaban J connectivity index is 0.980. The van der Waals surface area contributed by atoms with Gasteiger partial charge in [-0.15, -0.1) is 0 Å². The van der Waals surface area contributed by atoms with Gasteiger partial charge in [0.1, 0.15) is 0 Å². The Kier molecular flexibility index (Phi) is 8.62. The van der Waals surface area contributed by atoms with Gasteiger partial charge in [-0.2, -0.15) is 0 Å². The van der Waals surface area contributed by atoms with Gasteiger partial charge >= 0.3 is 0 Å². The van der Waals surface area contributed by atoms with E-state index in [9.17, 15) is 0 Å². The van der Waals surface area contributed by atoms with Crippen LogP contribution in [-0.2, 0) is 0 Å². The van der Waals surface area contributed by atoms with Gasteiger partial charge < -0.3 is 0 Å². The Morgan fingerprint density at radius 2 is 0.875 bits per heavy atom. The van der Waals surface area contributed by atoms with E-state index in [0.717, 1.165) is 68.1 Å². The molecular weight excluding hydrogens is 681 g/mol. The van der Waals surface area contributed by atoms with E-state index < -0.39 is 0 Å². The first-order chi connectivity index (χ1) is 27.7. The van der Waals surface area contributed by atoms with Crippen molar-refractivity contribution in [2.24, 2.45) is 5.92 Å². The number of hydrogen-bond acceptors (Lipinski definition) is 4. The third-order valence-electron chi connectivity index (χ3n) is 10.7. The quantitative estimate of drug-likeness (QED) is 0.165. The zero-order valence-corrected chi connectivity index (χ0v) is 30.6. The molecule has 0 radical (unpaired) electrons. The van der Waals surface area contributed by atoms with Crippen LogP contribution in [0.25, 0.3) is 84.0 Å². The second kappa shape index (κ2) is 14.5. The first-order valence-electron chi connectivity index (χ1n) is 19.1. The van der Waals surface area contributed by atoms with Crippen LogP contribution in [0.2, 0.25) is 0 Å². The van der Waals surface area contributed by atoms with Crippen LogP contribution in [-0.4, -0.2) is 19.9 Å². The summed E-state index contributed by atoms with van der Waals surface area (Å²) in [7, 11) is 0. The van der Waals surface area contributed by atoms with Crippen molar-refractivity contribution >= 4 is 16.3 Å². The minimum atomic E-state index is 0.360. The van der Waals surface area contributed by atoms with E-state index >= 15 is 0 Å². The molecule has 1 atom stereocenters. The lowest BCUT2D eigenvalue weighted by molar-refractivity contribution is 0.789.